The fourth-order valence-electron chi connectivity index (χ4n) is 0.575. The molecule has 0 aromatic heterocycles. The summed E-state index contributed by atoms with van der Waals surface area (Å²) >= 11 is 0. The van der Waals surface area contributed by atoms with E-state index in [0.29, 0.717) is 18.8 Å². The van der Waals surface area contributed by atoms with Crippen molar-refractivity contribution in [3.63, 3.8) is 0 Å². The smallest absolute Gasteiger partial charge is 0.404 e. The van der Waals surface area contributed by atoms with Gasteiger partial charge in [-0.25, -0.2) is 4.79 Å². The molecule has 0 aromatic rings. The fraction of sp³-hybridized carbons (Fsp3) is 0.737. The maximum atomic E-state index is 10.3. The summed E-state index contributed by atoms with van der Waals surface area (Å²) in [6.45, 7) is 23.7. The van der Waals surface area contributed by atoms with E-state index in [1.54, 1.807) is 27.8 Å². The molecular weight excluding hydrogens is 741 g/mol. The number of esters is 1. The van der Waals surface area contributed by atoms with Crippen LogP contribution in [0.2, 0.25) is 0 Å². The SMILES string of the molecule is C.C.C.C.C.C.CC(=O)C(C)C.CC(=O)C(C)C.CC(=O)CC(C)C.CC(=O)O.CC(C)=O.CC(N)=O.CNC=O.COC(C)=O.COC(N)=O.COC=O.F.[HH]. The van der Waals surface area contributed by atoms with Gasteiger partial charge in [-0.05, 0) is 40.5 Å². The van der Waals surface area contributed by atoms with Gasteiger partial charge < -0.3 is 45.7 Å². The number of halogens is 1. The van der Waals surface area contributed by atoms with Gasteiger partial charge in [0.25, 0.3) is 12.4 Å². The Kier molecular flexibility index (Phi) is 193. The Morgan fingerprint density at radius 2 is 0.786 bits per heavy atom. The van der Waals surface area contributed by atoms with Crippen molar-refractivity contribution in [2.45, 2.75) is 148 Å². The number of carbonyl (C=O) groups is 10. The highest BCUT2D eigenvalue weighted by Crippen LogP contribution is 1.97. The maximum absolute atomic E-state index is 10.3. The molecule has 0 aliphatic rings. The minimum absolute atomic E-state index is 0. The molecule has 56 heavy (non-hydrogen) atoms. The van der Waals surface area contributed by atoms with E-state index in [-0.39, 0.29) is 97.5 Å². The number of methoxy groups -OCH3 is 3. The first-order valence-corrected chi connectivity index (χ1v) is 14.4. The van der Waals surface area contributed by atoms with Gasteiger partial charge in [0, 0.05) is 47.5 Å². The third-order valence-electron chi connectivity index (χ3n) is 3.02. The number of hydrogen-bond acceptors (Lipinski definition) is 13. The predicted molar refractivity (Wildman–Crippen MR) is 233 cm³/mol. The van der Waals surface area contributed by atoms with Crippen molar-refractivity contribution in [2.24, 2.45) is 29.2 Å². The zero-order valence-corrected chi connectivity index (χ0v) is 33.4. The molecule has 17 nitrogen and oxygen atoms in total. The molecule has 0 atom stereocenters. The molecule has 0 rings (SSSR count). The third-order valence-corrected chi connectivity index (χ3v) is 3.02. The number of nitrogens with two attached hydrogens (primary N) is 2. The molecule has 0 spiro atoms. The number of rotatable bonds is 6. The summed E-state index contributed by atoms with van der Waals surface area (Å²) in [5, 5.41) is 9.67. The Morgan fingerprint density at radius 1 is 0.643 bits per heavy atom. The van der Waals surface area contributed by atoms with E-state index < -0.39 is 12.1 Å². The van der Waals surface area contributed by atoms with E-state index in [9.17, 15) is 33.6 Å². The lowest BCUT2D eigenvalue weighted by atomic mass is 10.1. The molecule has 0 fully saturated rings. The normalized spacial score (nSPS) is 6.52. The summed E-state index contributed by atoms with van der Waals surface area (Å²) in [6.07, 6.45) is 0.602. The molecule has 0 aliphatic heterocycles. The number of amides is 3. The van der Waals surface area contributed by atoms with Crippen molar-refractivity contribution in [3.8, 4) is 0 Å². The summed E-state index contributed by atoms with van der Waals surface area (Å²) < 4.78 is 11.9. The van der Waals surface area contributed by atoms with Crippen LogP contribution in [0.3, 0.4) is 0 Å². The highest BCUT2D eigenvalue weighted by Gasteiger charge is 1.96. The molecule has 352 valence electrons. The van der Waals surface area contributed by atoms with Crippen LogP contribution in [0.25, 0.3) is 0 Å². The number of aliphatic carboxylic acids is 1. The number of ether oxygens (including phenoxy) is 3. The largest absolute Gasteiger partial charge is 0.481 e. The molecule has 6 N–H and O–H groups in total. The average Bonchev–Trinajstić information content (AvgIpc) is 2.92. The van der Waals surface area contributed by atoms with Gasteiger partial charge >= 0.3 is 12.1 Å². The molecule has 0 heterocycles. The van der Waals surface area contributed by atoms with Crippen molar-refractivity contribution in [1.29, 1.82) is 0 Å². The van der Waals surface area contributed by atoms with Crippen LogP contribution in [0.4, 0.5) is 9.50 Å². The second kappa shape index (κ2) is 98.1. The molecule has 0 saturated heterocycles. The van der Waals surface area contributed by atoms with Crippen molar-refractivity contribution in [1.82, 2.24) is 5.32 Å². The van der Waals surface area contributed by atoms with Crippen LogP contribution < -0.4 is 16.8 Å². The maximum Gasteiger partial charge on any atom is 0.404 e. The monoisotopic (exact) mass is 836 g/mol. The van der Waals surface area contributed by atoms with Gasteiger partial charge in [-0.1, -0.05) is 86.1 Å². The molecule has 0 radical (unpaired) electrons. The summed E-state index contributed by atoms with van der Waals surface area (Å²) in [5.74, 6) is 0.512. The molecular formula is C38H94FN3O14. The number of primary amides is 2. The first-order valence-electron chi connectivity index (χ1n) is 14.4. The lowest BCUT2D eigenvalue weighted by Crippen LogP contribution is -2.08. The predicted octanol–water partition coefficient (Wildman–Crippen LogP) is 7.52. The zero-order chi connectivity index (χ0) is 42.3. The third kappa shape index (κ3) is 654. The molecule has 0 aliphatic carbocycles. The minimum Gasteiger partial charge on any atom is -0.481 e. The highest BCUT2D eigenvalue weighted by atomic mass is 19.0. The van der Waals surface area contributed by atoms with Gasteiger partial charge in [0.15, 0.2) is 0 Å². The van der Waals surface area contributed by atoms with Gasteiger partial charge in [0.2, 0.25) is 12.3 Å². The molecule has 0 bridgehead atoms. The van der Waals surface area contributed by atoms with Gasteiger partial charge in [-0.2, -0.15) is 0 Å². The highest BCUT2D eigenvalue weighted by molar-refractivity contribution is 5.77. The number of carbonyl (C=O) groups excluding carboxylic acids is 9. The summed E-state index contributed by atoms with van der Waals surface area (Å²) in [5.41, 5.74) is 8.90. The summed E-state index contributed by atoms with van der Waals surface area (Å²) in [7, 11) is 5.45. The fourth-order valence-corrected chi connectivity index (χ4v) is 0.575. The molecule has 18 heteroatoms. The lowest BCUT2D eigenvalue weighted by molar-refractivity contribution is -0.138. The Labute approximate surface area is 344 Å². The number of hydrogen-bond donors (Lipinski definition) is 4. The van der Waals surface area contributed by atoms with Crippen molar-refractivity contribution in [3.05, 3.63) is 0 Å². The second-order valence-electron chi connectivity index (χ2n) is 9.83. The first kappa shape index (κ1) is 110. The van der Waals surface area contributed by atoms with E-state index in [4.69, 9.17) is 19.5 Å². The Bertz CT molecular complexity index is 780. The van der Waals surface area contributed by atoms with Gasteiger partial charge in [0.05, 0.1) is 21.3 Å². The van der Waals surface area contributed by atoms with E-state index in [1.165, 1.54) is 49.0 Å². The number of Topliss-reactive ketones (excluding diaryl/α,β-unsaturated/α-hetero) is 4. The second-order valence-corrected chi connectivity index (χ2v) is 9.83. The van der Waals surface area contributed by atoms with Crippen LogP contribution in [0.5, 0.6) is 0 Å². The van der Waals surface area contributed by atoms with Gasteiger partial charge in [-0.3, -0.25) is 38.3 Å². The molecule has 0 unspecified atom stereocenters. The molecule has 3 amide bonds. The minimum atomic E-state index is -0.833. The number of carboxylic acids is 1. The van der Waals surface area contributed by atoms with Crippen molar-refractivity contribution >= 4 is 60.0 Å². The van der Waals surface area contributed by atoms with Crippen LogP contribution >= 0.6 is 0 Å². The lowest BCUT2D eigenvalue weighted by Gasteiger charge is -1.95. The van der Waals surface area contributed by atoms with Crippen LogP contribution in [-0.2, 0) is 57.4 Å². The standard InChI is InChI=1S/C6H12O.2C5H10O.C3H6O2.C3H6O.C2H5NO2.2C2H5NO.2C2H4O2.6CH4.FH.H2/c1-5(2)4-6(3)7;2*1-4(2)5(3)6;1-3(4)5-2;1-3(2)4;1-5-2(3)4;1-3-2-4;1-2(3)4;1-4-2-3;1-2(3)4;;;;;;;;/h5H,4H2,1-3H3;2*4H,1-3H3;1-2H3;1-2H3;1H3,(H2,3,4);2H,1H3,(H,3,4);1H3,(H2,3,4);2H,1H3;1H3,(H,3,4);6*1H4;2*1H. The molecule has 0 aromatic carbocycles. The van der Waals surface area contributed by atoms with E-state index >= 15 is 0 Å². The Hall–Kier alpha value is -4.77. The Balaban J connectivity index is -0.0000000184. The number of ketones is 4. The van der Waals surface area contributed by atoms with E-state index in [2.05, 4.69) is 31.0 Å². The van der Waals surface area contributed by atoms with Crippen LogP contribution in [0, 0.1) is 17.8 Å². The average molecular weight is 836 g/mol. The number of carboxylic acid groups (broad SMARTS) is 1. The van der Waals surface area contributed by atoms with Crippen LogP contribution in [0.1, 0.15) is 149 Å². The quantitative estimate of drug-likeness (QED) is 0.114. The topological polar surface area (TPSA) is 283 Å². The van der Waals surface area contributed by atoms with Gasteiger partial charge in [-0.15, -0.1) is 0 Å². The zero-order valence-electron chi connectivity index (χ0n) is 33.4. The van der Waals surface area contributed by atoms with Crippen molar-refractivity contribution < 1.29 is 73.4 Å². The Morgan fingerprint density at radius 3 is 0.786 bits per heavy atom. The number of nitrogens with one attached hydrogen (secondary N) is 1. The van der Waals surface area contributed by atoms with Gasteiger partial charge in [0.1, 0.15) is 23.1 Å². The van der Waals surface area contributed by atoms with Crippen LogP contribution in [0.15, 0.2) is 0 Å². The van der Waals surface area contributed by atoms with Crippen molar-refractivity contribution in [2.75, 3.05) is 28.4 Å². The summed E-state index contributed by atoms with van der Waals surface area (Å²) in [4.78, 5) is 95.2. The van der Waals surface area contributed by atoms with E-state index in [1.807, 2.05) is 41.5 Å². The van der Waals surface area contributed by atoms with Crippen LogP contribution in [-0.4, -0.2) is 93.4 Å². The molecule has 0 saturated carbocycles. The summed E-state index contributed by atoms with van der Waals surface area (Å²) in [6, 6.07) is 0. The first-order chi connectivity index (χ1) is 22.0. The van der Waals surface area contributed by atoms with E-state index in [0.717, 1.165) is 13.3 Å².